The van der Waals surface area contributed by atoms with Gasteiger partial charge in [0.15, 0.2) is 0 Å². The maximum atomic E-state index is 13.0. The zero-order valence-electron chi connectivity index (χ0n) is 20.6. The lowest BCUT2D eigenvalue weighted by molar-refractivity contribution is 0.0787. The standard InChI is InChI=1S/C25H30N6O3S/c1-15-6-8-18(9-7-15)31-25(34)22(17(3)28-31)16(2)26-27-23(32)20-10-11-21(35-20)24(33)30-13-12-19(14-30)29(4)5/h6-11,19,28H,12-14H2,1-5H3,(H,27,32)/b26-16+. The number of hydrazone groups is 1. The Hall–Kier alpha value is -3.50. The Morgan fingerprint density at radius 3 is 2.46 bits per heavy atom. The summed E-state index contributed by atoms with van der Waals surface area (Å²) in [5, 5.41) is 7.23. The van der Waals surface area contributed by atoms with E-state index in [4.69, 9.17) is 0 Å². The lowest BCUT2D eigenvalue weighted by atomic mass is 10.2. The number of carbonyl (C=O) groups excluding carboxylic acids is 2. The van der Waals surface area contributed by atoms with E-state index in [1.807, 2.05) is 50.2 Å². The topological polar surface area (TPSA) is 103 Å². The van der Waals surface area contributed by atoms with Gasteiger partial charge in [0.25, 0.3) is 17.4 Å². The van der Waals surface area contributed by atoms with E-state index < -0.39 is 5.91 Å². The summed E-state index contributed by atoms with van der Waals surface area (Å²) in [6.45, 7) is 6.84. The number of rotatable bonds is 6. The first-order valence-electron chi connectivity index (χ1n) is 11.4. The Balaban J connectivity index is 1.45. The molecule has 1 atom stereocenters. The molecule has 0 bridgehead atoms. The highest BCUT2D eigenvalue weighted by Gasteiger charge is 2.29. The van der Waals surface area contributed by atoms with E-state index in [2.05, 4.69) is 20.5 Å². The van der Waals surface area contributed by atoms with Gasteiger partial charge in [-0.25, -0.2) is 10.1 Å². The van der Waals surface area contributed by atoms with Gasteiger partial charge in [0, 0.05) is 24.8 Å². The molecule has 0 spiro atoms. The molecule has 1 saturated heterocycles. The minimum atomic E-state index is -0.423. The highest BCUT2D eigenvalue weighted by Crippen LogP contribution is 2.22. The quantitative estimate of drug-likeness (QED) is 0.406. The van der Waals surface area contributed by atoms with E-state index in [9.17, 15) is 14.4 Å². The minimum Gasteiger partial charge on any atom is -0.336 e. The molecule has 1 aliphatic rings. The van der Waals surface area contributed by atoms with E-state index in [-0.39, 0.29) is 11.5 Å². The molecular weight excluding hydrogens is 464 g/mol. The summed E-state index contributed by atoms with van der Waals surface area (Å²) in [4.78, 5) is 43.4. The molecule has 3 aromatic rings. The Bertz CT molecular complexity index is 1330. The number of aromatic nitrogens is 2. The molecule has 2 amide bonds. The SMILES string of the molecule is C/C(=N\NC(=O)c1ccc(C(=O)N2CCC(N(C)C)C2)s1)c1c(C)[nH]n(-c2ccc(C)cc2)c1=O. The van der Waals surface area contributed by atoms with Gasteiger partial charge in [0.1, 0.15) is 0 Å². The van der Waals surface area contributed by atoms with E-state index >= 15 is 0 Å². The van der Waals surface area contributed by atoms with Crippen LogP contribution in [-0.2, 0) is 0 Å². The Morgan fingerprint density at radius 2 is 1.80 bits per heavy atom. The van der Waals surface area contributed by atoms with Crippen LogP contribution in [0.2, 0.25) is 0 Å². The number of amides is 2. The molecule has 4 rings (SSSR count). The van der Waals surface area contributed by atoms with E-state index in [1.54, 1.807) is 26.0 Å². The molecule has 0 radical (unpaired) electrons. The van der Waals surface area contributed by atoms with Crippen LogP contribution < -0.4 is 11.0 Å². The maximum Gasteiger partial charge on any atom is 0.281 e. The number of aryl methyl sites for hydroxylation is 2. The zero-order chi connectivity index (χ0) is 25.3. The Kier molecular flexibility index (Phi) is 7.04. The first-order chi connectivity index (χ1) is 16.7. The fourth-order valence-corrected chi connectivity index (χ4v) is 5.04. The van der Waals surface area contributed by atoms with E-state index in [0.29, 0.717) is 45.9 Å². The van der Waals surface area contributed by atoms with Crippen molar-refractivity contribution in [2.75, 3.05) is 27.2 Å². The van der Waals surface area contributed by atoms with Crippen molar-refractivity contribution in [3.8, 4) is 5.69 Å². The summed E-state index contributed by atoms with van der Waals surface area (Å²) >= 11 is 1.14. The van der Waals surface area contributed by atoms with Crippen LogP contribution in [0.4, 0.5) is 0 Å². The van der Waals surface area contributed by atoms with E-state index in [0.717, 1.165) is 29.0 Å². The molecule has 10 heteroatoms. The molecule has 35 heavy (non-hydrogen) atoms. The summed E-state index contributed by atoms with van der Waals surface area (Å²) in [6.07, 6.45) is 0.940. The highest BCUT2D eigenvalue weighted by atomic mass is 32.1. The maximum absolute atomic E-state index is 13.0. The van der Waals surface area contributed by atoms with Crippen molar-refractivity contribution < 1.29 is 9.59 Å². The van der Waals surface area contributed by atoms with Crippen molar-refractivity contribution in [3.63, 3.8) is 0 Å². The summed E-state index contributed by atoms with van der Waals surface area (Å²) < 4.78 is 1.46. The molecule has 1 unspecified atom stereocenters. The molecular formula is C25H30N6O3S. The average molecular weight is 495 g/mol. The van der Waals surface area contributed by atoms with Crippen molar-refractivity contribution in [3.05, 3.63) is 73.3 Å². The number of likely N-dealkylation sites (N-methyl/N-ethyl adjacent to an activating group) is 1. The lowest BCUT2D eigenvalue weighted by Crippen LogP contribution is -2.34. The average Bonchev–Trinajstić information content (AvgIpc) is 3.57. The zero-order valence-corrected chi connectivity index (χ0v) is 21.4. The largest absolute Gasteiger partial charge is 0.336 e. The van der Waals surface area contributed by atoms with Crippen LogP contribution in [0.3, 0.4) is 0 Å². The molecule has 1 aromatic carbocycles. The van der Waals surface area contributed by atoms with Gasteiger partial charge in [0.2, 0.25) is 0 Å². The molecule has 2 aromatic heterocycles. The predicted octanol–water partition coefficient (Wildman–Crippen LogP) is 2.77. The predicted molar refractivity (Wildman–Crippen MR) is 138 cm³/mol. The van der Waals surface area contributed by atoms with Gasteiger partial charge >= 0.3 is 0 Å². The van der Waals surface area contributed by atoms with Crippen LogP contribution in [-0.4, -0.2) is 70.3 Å². The summed E-state index contributed by atoms with van der Waals surface area (Å²) in [5.41, 5.74) is 5.54. The van der Waals surface area contributed by atoms with Crippen molar-refractivity contribution in [2.45, 2.75) is 33.2 Å². The number of carbonyl (C=O) groups is 2. The molecule has 0 saturated carbocycles. The number of nitrogens with zero attached hydrogens (tertiary/aromatic N) is 4. The second kappa shape index (κ2) is 10.0. The number of hydrogen-bond donors (Lipinski definition) is 2. The number of thiophene rings is 1. The Labute approximate surface area is 208 Å². The van der Waals surface area contributed by atoms with Gasteiger partial charge in [-0.05, 0) is 65.6 Å². The summed E-state index contributed by atoms with van der Waals surface area (Å²) in [5.74, 6) is -0.481. The monoisotopic (exact) mass is 494 g/mol. The fraction of sp³-hybridized carbons (Fsp3) is 0.360. The molecule has 184 valence electrons. The molecule has 0 aliphatic carbocycles. The van der Waals surface area contributed by atoms with Gasteiger partial charge in [-0.3, -0.25) is 19.5 Å². The van der Waals surface area contributed by atoms with Crippen molar-refractivity contribution in [2.24, 2.45) is 5.10 Å². The van der Waals surface area contributed by atoms with Crippen LogP contribution in [0.25, 0.3) is 5.69 Å². The van der Waals surface area contributed by atoms with Crippen LogP contribution in [0.1, 0.15) is 49.5 Å². The molecule has 3 heterocycles. The summed E-state index contributed by atoms with van der Waals surface area (Å²) in [6, 6.07) is 11.3. The number of hydrogen-bond acceptors (Lipinski definition) is 6. The van der Waals surface area contributed by atoms with Gasteiger partial charge in [-0.2, -0.15) is 5.10 Å². The number of benzene rings is 1. The van der Waals surface area contributed by atoms with E-state index in [1.165, 1.54) is 4.68 Å². The molecule has 2 N–H and O–H groups in total. The van der Waals surface area contributed by atoms with Crippen LogP contribution >= 0.6 is 11.3 Å². The molecule has 1 aliphatic heterocycles. The summed E-state index contributed by atoms with van der Waals surface area (Å²) in [7, 11) is 4.03. The van der Waals surface area contributed by atoms with Crippen molar-refractivity contribution in [1.82, 2.24) is 25.0 Å². The first kappa shape index (κ1) is 24.6. The lowest BCUT2D eigenvalue weighted by Gasteiger charge is -2.19. The highest BCUT2D eigenvalue weighted by molar-refractivity contribution is 7.15. The minimum absolute atomic E-state index is 0.0577. The first-order valence-corrected chi connectivity index (χ1v) is 12.3. The molecule has 1 fully saturated rings. The van der Waals surface area contributed by atoms with Crippen molar-refractivity contribution >= 4 is 28.9 Å². The number of H-pyrrole nitrogens is 1. The van der Waals surface area contributed by atoms with Gasteiger partial charge in [-0.15, -0.1) is 11.3 Å². The fourth-order valence-electron chi connectivity index (χ4n) is 4.17. The van der Waals surface area contributed by atoms with Gasteiger partial charge < -0.3 is 9.80 Å². The molecule has 9 nitrogen and oxygen atoms in total. The Morgan fingerprint density at radius 1 is 1.11 bits per heavy atom. The third-order valence-corrected chi connectivity index (χ3v) is 7.34. The van der Waals surface area contributed by atoms with Gasteiger partial charge in [0.05, 0.1) is 26.7 Å². The number of aromatic amines is 1. The third-order valence-electron chi connectivity index (χ3n) is 6.27. The second-order valence-corrected chi connectivity index (χ2v) is 10.1. The second-order valence-electron chi connectivity index (χ2n) is 9.05. The van der Waals surface area contributed by atoms with Crippen molar-refractivity contribution in [1.29, 1.82) is 0 Å². The smallest absolute Gasteiger partial charge is 0.281 e. The van der Waals surface area contributed by atoms with Crippen LogP contribution in [0, 0.1) is 13.8 Å². The normalized spacial score (nSPS) is 16.2. The number of likely N-dealkylation sites (tertiary alicyclic amines) is 1. The van der Waals surface area contributed by atoms with Crippen LogP contribution in [0.15, 0.2) is 46.3 Å². The third kappa shape index (κ3) is 5.13. The van der Waals surface area contributed by atoms with Crippen LogP contribution in [0.5, 0.6) is 0 Å². The van der Waals surface area contributed by atoms with Gasteiger partial charge in [-0.1, -0.05) is 17.7 Å². The number of nitrogens with one attached hydrogen (secondary N) is 2.